The van der Waals surface area contributed by atoms with Gasteiger partial charge in [0.1, 0.15) is 0 Å². The third-order valence-electron chi connectivity index (χ3n) is 2.71. The Morgan fingerprint density at radius 2 is 1.44 bits per heavy atom. The minimum absolute atomic E-state index is 1.24. The molecule has 0 heterocycles. The van der Waals surface area contributed by atoms with Crippen molar-refractivity contribution in [2.24, 2.45) is 0 Å². The van der Waals surface area contributed by atoms with E-state index in [1.165, 1.54) is 22.4 Å². The molecule has 0 spiro atoms. The molecule has 0 radical (unpaired) electrons. The fraction of sp³-hybridized carbons (Fsp3) is 0.200. The molecular weight excluding hydrogens is 194 g/mol. The summed E-state index contributed by atoms with van der Waals surface area (Å²) in [6.45, 7) is 2.12. The van der Waals surface area contributed by atoms with Crippen LogP contribution in [0, 0.1) is 6.92 Å². The molecule has 2 aromatic rings. The molecule has 0 aromatic heterocycles. The van der Waals surface area contributed by atoms with Gasteiger partial charge >= 0.3 is 0 Å². The molecule has 2 aromatic carbocycles. The van der Waals surface area contributed by atoms with E-state index in [9.17, 15) is 0 Å². The van der Waals surface area contributed by atoms with E-state index in [4.69, 9.17) is 0 Å². The maximum atomic E-state index is 2.22. The summed E-state index contributed by atoms with van der Waals surface area (Å²) in [7, 11) is 4.13. The van der Waals surface area contributed by atoms with E-state index in [0.717, 1.165) is 0 Å². The second kappa shape index (κ2) is 4.40. The SMILES string of the molecule is Cc1cccc(-c2cccc(N(C)C)c2)c1. The highest BCUT2D eigenvalue weighted by atomic mass is 15.1. The number of hydrogen-bond acceptors (Lipinski definition) is 1. The van der Waals surface area contributed by atoms with Gasteiger partial charge in [-0.3, -0.25) is 0 Å². The second-order valence-corrected chi connectivity index (χ2v) is 4.31. The Bertz CT molecular complexity index is 486. The molecule has 0 saturated carbocycles. The maximum Gasteiger partial charge on any atom is 0.0367 e. The van der Waals surface area contributed by atoms with Gasteiger partial charge < -0.3 is 4.90 Å². The van der Waals surface area contributed by atoms with Crippen LogP contribution in [0.4, 0.5) is 5.69 Å². The molecule has 1 nitrogen and oxygen atoms in total. The van der Waals surface area contributed by atoms with Gasteiger partial charge in [0.2, 0.25) is 0 Å². The van der Waals surface area contributed by atoms with Crippen molar-refractivity contribution in [3.8, 4) is 11.1 Å². The van der Waals surface area contributed by atoms with Crippen LogP contribution < -0.4 is 4.90 Å². The molecule has 0 saturated heterocycles. The minimum atomic E-state index is 1.24. The summed E-state index contributed by atoms with van der Waals surface area (Å²) in [6.07, 6.45) is 0. The van der Waals surface area contributed by atoms with Crippen molar-refractivity contribution in [1.82, 2.24) is 0 Å². The van der Waals surface area contributed by atoms with Gasteiger partial charge in [-0.2, -0.15) is 0 Å². The Balaban J connectivity index is 2.44. The molecule has 0 aliphatic rings. The molecule has 0 atom stereocenters. The van der Waals surface area contributed by atoms with Gasteiger partial charge in [0.15, 0.2) is 0 Å². The lowest BCUT2D eigenvalue weighted by Gasteiger charge is -2.13. The van der Waals surface area contributed by atoms with Crippen LogP contribution in [-0.2, 0) is 0 Å². The number of rotatable bonds is 2. The standard InChI is InChI=1S/C15H17N/c1-12-6-4-7-13(10-12)14-8-5-9-15(11-14)16(2)3/h4-11H,1-3H3. The number of benzene rings is 2. The van der Waals surface area contributed by atoms with Gasteiger partial charge in [-0.15, -0.1) is 0 Å². The highest BCUT2D eigenvalue weighted by Crippen LogP contribution is 2.24. The largest absolute Gasteiger partial charge is 0.378 e. The average Bonchev–Trinajstić information content (AvgIpc) is 2.29. The van der Waals surface area contributed by atoms with Crippen molar-refractivity contribution in [2.75, 3.05) is 19.0 Å². The minimum Gasteiger partial charge on any atom is -0.378 e. The summed E-state index contributed by atoms with van der Waals surface area (Å²) in [5.41, 5.74) is 5.09. The number of anilines is 1. The number of hydrogen-bond donors (Lipinski definition) is 0. The molecule has 0 unspecified atom stereocenters. The molecule has 0 amide bonds. The van der Waals surface area contributed by atoms with Gasteiger partial charge in [-0.1, -0.05) is 42.0 Å². The first-order valence-electron chi connectivity index (χ1n) is 5.51. The van der Waals surface area contributed by atoms with E-state index in [2.05, 4.69) is 74.4 Å². The molecular formula is C15H17N. The zero-order chi connectivity index (χ0) is 11.5. The van der Waals surface area contributed by atoms with E-state index in [1.807, 2.05) is 0 Å². The van der Waals surface area contributed by atoms with Crippen LogP contribution >= 0.6 is 0 Å². The molecule has 0 aliphatic heterocycles. The Labute approximate surface area is 97.3 Å². The highest BCUT2D eigenvalue weighted by Gasteiger charge is 2.00. The van der Waals surface area contributed by atoms with Crippen LogP contribution in [0.5, 0.6) is 0 Å². The zero-order valence-corrected chi connectivity index (χ0v) is 10.1. The zero-order valence-electron chi connectivity index (χ0n) is 10.1. The number of aryl methyl sites for hydroxylation is 1. The fourth-order valence-corrected chi connectivity index (χ4v) is 1.79. The normalized spacial score (nSPS) is 10.2. The van der Waals surface area contributed by atoms with Gasteiger partial charge in [0, 0.05) is 19.8 Å². The number of nitrogens with zero attached hydrogens (tertiary/aromatic N) is 1. The predicted molar refractivity (Wildman–Crippen MR) is 70.9 cm³/mol. The molecule has 16 heavy (non-hydrogen) atoms. The summed E-state index contributed by atoms with van der Waals surface area (Å²) < 4.78 is 0. The fourth-order valence-electron chi connectivity index (χ4n) is 1.79. The summed E-state index contributed by atoms with van der Waals surface area (Å²) in [6, 6.07) is 17.2. The lowest BCUT2D eigenvalue weighted by Crippen LogP contribution is -2.08. The van der Waals surface area contributed by atoms with Crippen molar-refractivity contribution >= 4 is 5.69 Å². The molecule has 2 rings (SSSR count). The van der Waals surface area contributed by atoms with Gasteiger partial charge in [0.05, 0.1) is 0 Å². The Hall–Kier alpha value is -1.76. The van der Waals surface area contributed by atoms with Gasteiger partial charge in [0.25, 0.3) is 0 Å². The Kier molecular flexibility index (Phi) is 2.95. The molecule has 82 valence electrons. The third-order valence-corrected chi connectivity index (χ3v) is 2.71. The quantitative estimate of drug-likeness (QED) is 0.731. The summed E-state index contributed by atoms with van der Waals surface area (Å²) in [5.74, 6) is 0. The van der Waals surface area contributed by atoms with Crippen molar-refractivity contribution in [2.45, 2.75) is 6.92 Å². The van der Waals surface area contributed by atoms with Gasteiger partial charge in [-0.05, 0) is 30.2 Å². The topological polar surface area (TPSA) is 3.24 Å². The van der Waals surface area contributed by atoms with Crippen molar-refractivity contribution < 1.29 is 0 Å². The first kappa shape index (κ1) is 10.7. The van der Waals surface area contributed by atoms with E-state index in [1.54, 1.807) is 0 Å². The molecule has 0 fully saturated rings. The van der Waals surface area contributed by atoms with E-state index >= 15 is 0 Å². The van der Waals surface area contributed by atoms with E-state index in [-0.39, 0.29) is 0 Å². The molecule has 0 N–H and O–H groups in total. The average molecular weight is 211 g/mol. The lowest BCUT2D eigenvalue weighted by atomic mass is 10.0. The van der Waals surface area contributed by atoms with E-state index < -0.39 is 0 Å². The lowest BCUT2D eigenvalue weighted by molar-refractivity contribution is 1.13. The van der Waals surface area contributed by atoms with Gasteiger partial charge in [-0.25, -0.2) is 0 Å². The van der Waals surface area contributed by atoms with Crippen molar-refractivity contribution in [3.05, 3.63) is 54.1 Å². The first-order valence-corrected chi connectivity index (χ1v) is 5.51. The van der Waals surface area contributed by atoms with Crippen LogP contribution in [-0.4, -0.2) is 14.1 Å². The highest BCUT2D eigenvalue weighted by molar-refractivity contribution is 5.68. The molecule has 1 heteroatoms. The predicted octanol–water partition coefficient (Wildman–Crippen LogP) is 3.73. The summed E-state index contributed by atoms with van der Waals surface area (Å²) in [5, 5.41) is 0. The van der Waals surface area contributed by atoms with Crippen LogP contribution in [0.2, 0.25) is 0 Å². The summed E-state index contributed by atoms with van der Waals surface area (Å²) >= 11 is 0. The first-order chi connectivity index (χ1) is 7.66. The summed E-state index contributed by atoms with van der Waals surface area (Å²) in [4.78, 5) is 2.12. The van der Waals surface area contributed by atoms with Crippen molar-refractivity contribution in [1.29, 1.82) is 0 Å². The van der Waals surface area contributed by atoms with Crippen molar-refractivity contribution in [3.63, 3.8) is 0 Å². The molecule has 0 bridgehead atoms. The Morgan fingerprint density at radius 1 is 0.812 bits per heavy atom. The van der Waals surface area contributed by atoms with Crippen LogP contribution in [0.25, 0.3) is 11.1 Å². The van der Waals surface area contributed by atoms with E-state index in [0.29, 0.717) is 0 Å². The Morgan fingerprint density at radius 3 is 2.06 bits per heavy atom. The smallest absolute Gasteiger partial charge is 0.0367 e. The second-order valence-electron chi connectivity index (χ2n) is 4.31. The third kappa shape index (κ3) is 2.25. The van der Waals surface area contributed by atoms with Crippen LogP contribution in [0.3, 0.4) is 0 Å². The monoisotopic (exact) mass is 211 g/mol. The van der Waals surface area contributed by atoms with Crippen LogP contribution in [0.1, 0.15) is 5.56 Å². The molecule has 0 aliphatic carbocycles. The maximum absolute atomic E-state index is 2.22. The van der Waals surface area contributed by atoms with Crippen LogP contribution in [0.15, 0.2) is 48.5 Å².